The normalized spacial score (nSPS) is 22.2. The molecule has 1 amide bonds. The highest BCUT2D eigenvalue weighted by molar-refractivity contribution is 5.79. The summed E-state index contributed by atoms with van der Waals surface area (Å²) in [6.45, 7) is 2.80. The fraction of sp³-hybridized carbons (Fsp3) is 0.632. The first kappa shape index (κ1) is 18.0. The van der Waals surface area contributed by atoms with Crippen LogP contribution >= 0.6 is 0 Å². The van der Waals surface area contributed by atoms with E-state index in [2.05, 4.69) is 4.90 Å². The van der Waals surface area contributed by atoms with Crippen molar-refractivity contribution in [3.63, 3.8) is 0 Å². The Morgan fingerprint density at radius 1 is 1.16 bits per heavy atom. The minimum atomic E-state index is -0.213. The van der Waals surface area contributed by atoms with Crippen LogP contribution < -0.4 is 9.47 Å². The van der Waals surface area contributed by atoms with E-state index in [9.17, 15) is 9.90 Å². The number of benzene rings is 1. The molecule has 2 aliphatic rings. The van der Waals surface area contributed by atoms with Crippen LogP contribution in [0, 0.1) is 0 Å². The van der Waals surface area contributed by atoms with Gasteiger partial charge in [-0.05, 0) is 37.8 Å². The molecule has 2 aliphatic heterocycles. The first-order valence-electron chi connectivity index (χ1n) is 9.04. The van der Waals surface area contributed by atoms with E-state index in [0.29, 0.717) is 6.54 Å². The van der Waals surface area contributed by atoms with Crippen molar-refractivity contribution in [1.82, 2.24) is 9.80 Å². The van der Waals surface area contributed by atoms with Gasteiger partial charge >= 0.3 is 0 Å². The molecule has 1 aromatic carbocycles. The van der Waals surface area contributed by atoms with Crippen molar-refractivity contribution in [3.05, 3.63) is 23.8 Å². The minimum Gasteiger partial charge on any atom is -0.497 e. The Morgan fingerprint density at radius 3 is 2.60 bits per heavy atom. The second-order valence-electron chi connectivity index (χ2n) is 6.86. The molecule has 0 aliphatic carbocycles. The van der Waals surface area contributed by atoms with Gasteiger partial charge in [0.1, 0.15) is 11.5 Å². The molecule has 0 radical (unpaired) electrons. The molecule has 1 unspecified atom stereocenters. The predicted molar refractivity (Wildman–Crippen MR) is 94.9 cm³/mol. The topological polar surface area (TPSA) is 62.2 Å². The Kier molecular flexibility index (Phi) is 5.81. The number of methoxy groups -OCH3 is 2. The Balaban J connectivity index is 1.71. The largest absolute Gasteiger partial charge is 0.497 e. The summed E-state index contributed by atoms with van der Waals surface area (Å²) < 4.78 is 10.8. The molecule has 25 heavy (non-hydrogen) atoms. The summed E-state index contributed by atoms with van der Waals surface area (Å²) >= 11 is 0. The summed E-state index contributed by atoms with van der Waals surface area (Å²) in [4.78, 5) is 17.0. The maximum absolute atomic E-state index is 12.9. The van der Waals surface area contributed by atoms with Gasteiger partial charge in [0.05, 0.1) is 32.9 Å². The van der Waals surface area contributed by atoms with E-state index >= 15 is 0 Å². The van der Waals surface area contributed by atoms with Gasteiger partial charge < -0.3 is 19.5 Å². The monoisotopic (exact) mass is 348 g/mol. The Bertz CT molecular complexity index is 599. The van der Waals surface area contributed by atoms with Gasteiger partial charge in [-0.1, -0.05) is 0 Å². The summed E-state index contributed by atoms with van der Waals surface area (Å²) in [5, 5.41) is 9.62. The van der Waals surface area contributed by atoms with Crippen molar-refractivity contribution in [2.75, 3.05) is 40.4 Å². The lowest BCUT2D eigenvalue weighted by atomic mass is 10.0. The van der Waals surface area contributed by atoms with E-state index in [0.717, 1.165) is 62.4 Å². The fourth-order valence-corrected chi connectivity index (χ4v) is 3.84. The number of nitrogens with zero attached hydrogens (tertiary/aromatic N) is 2. The molecule has 0 spiro atoms. The van der Waals surface area contributed by atoms with Crippen molar-refractivity contribution < 1.29 is 19.4 Å². The van der Waals surface area contributed by atoms with Crippen LogP contribution in [0.25, 0.3) is 0 Å². The molecule has 1 N–H and O–H groups in total. The molecular weight excluding hydrogens is 320 g/mol. The van der Waals surface area contributed by atoms with Crippen LogP contribution in [0.1, 0.15) is 37.3 Å². The van der Waals surface area contributed by atoms with Gasteiger partial charge in [-0.2, -0.15) is 0 Å². The molecule has 0 saturated carbocycles. The number of hydrogen-bond donors (Lipinski definition) is 1. The molecule has 6 nitrogen and oxygen atoms in total. The molecule has 0 aromatic heterocycles. The van der Waals surface area contributed by atoms with E-state index in [1.54, 1.807) is 14.2 Å². The molecule has 3 rings (SSSR count). The molecule has 138 valence electrons. The van der Waals surface area contributed by atoms with Crippen LogP contribution in [0.5, 0.6) is 11.5 Å². The lowest BCUT2D eigenvalue weighted by Gasteiger charge is -2.32. The van der Waals surface area contributed by atoms with Crippen molar-refractivity contribution >= 4 is 5.91 Å². The van der Waals surface area contributed by atoms with Gasteiger partial charge in [0, 0.05) is 31.3 Å². The zero-order chi connectivity index (χ0) is 17.8. The lowest BCUT2D eigenvalue weighted by molar-refractivity contribution is -0.134. The molecular formula is C19H28N2O4. The van der Waals surface area contributed by atoms with Crippen molar-refractivity contribution in [2.45, 2.75) is 37.8 Å². The highest BCUT2D eigenvalue weighted by Gasteiger charge is 2.33. The minimum absolute atomic E-state index is 0.0590. The molecule has 1 atom stereocenters. The van der Waals surface area contributed by atoms with Crippen molar-refractivity contribution in [2.24, 2.45) is 0 Å². The first-order valence-corrected chi connectivity index (χ1v) is 9.04. The third kappa shape index (κ3) is 4.07. The molecule has 0 bridgehead atoms. The van der Waals surface area contributed by atoms with E-state index in [-0.39, 0.29) is 18.1 Å². The lowest BCUT2D eigenvalue weighted by Crippen LogP contribution is -2.44. The summed E-state index contributed by atoms with van der Waals surface area (Å²) in [5.41, 5.74) is 1.04. The third-order valence-electron chi connectivity index (χ3n) is 5.29. The van der Waals surface area contributed by atoms with Crippen LogP contribution in [0.3, 0.4) is 0 Å². The van der Waals surface area contributed by atoms with E-state index in [4.69, 9.17) is 9.47 Å². The number of aliphatic hydroxyl groups is 1. The number of aliphatic hydroxyl groups excluding tert-OH is 1. The van der Waals surface area contributed by atoms with Crippen LogP contribution in [0.2, 0.25) is 0 Å². The van der Waals surface area contributed by atoms with Crippen LogP contribution in [0.4, 0.5) is 0 Å². The number of likely N-dealkylation sites (tertiary alicyclic amines) is 2. The average molecular weight is 348 g/mol. The highest BCUT2D eigenvalue weighted by atomic mass is 16.5. The molecule has 2 saturated heterocycles. The quantitative estimate of drug-likeness (QED) is 0.879. The van der Waals surface area contributed by atoms with Gasteiger partial charge in [-0.25, -0.2) is 0 Å². The van der Waals surface area contributed by atoms with Crippen molar-refractivity contribution in [3.8, 4) is 11.5 Å². The van der Waals surface area contributed by atoms with Crippen LogP contribution in [-0.4, -0.2) is 67.3 Å². The summed E-state index contributed by atoms with van der Waals surface area (Å²) in [6, 6.07) is 5.86. The zero-order valence-electron chi connectivity index (χ0n) is 15.1. The number of carbonyl (C=O) groups is 1. The maximum atomic E-state index is 12.9. The fourth-order valence-electron chi connectivity index (χ4n) is 3.84. The van der Waals surface area contributed by atoms with Crippen LogP contribution in [0.15, 0.2) is 18.2 Å². The summed E-state index contributed by atoms with van der Waals surface area (Å²) in [7, 11) is 3.29. The molecule has 1 aromatic rings. The SMILES string of the molecule is COc1ccc(C2CCCN2C(=O)CN2CCC(O)CC2)c(OC)c1. The van der Waals surface area contributed by atoms with Gasteiger partial charge in [-0.15, -0.1) is 0 Å². The number of carbonyl (C=O) groups excluding carboxylic acids is 1. The highest BCUT2D eigenvalue weighted by Crippen LogP contribution is 2.38. The zero-order valence-corrected chi connectivity index (χ0v) is 15.1. The molecule has 2 fully saturated rings. The smallest absolute Gasteiger partial charge is 0.237 e. The second kappa shape index (κ2) is 8.06. The second-order valence-corrected chi connectivity index (χ2v) is 6.86. The predicted octanol–water partition coefficient (Wildman–Crippen LogP) is 1.82. The number of rotatable bonds is 5. The van der Waals surface area contributed by atoms with E-state index in [1.807, 2.05) is 23.1 Å². The first-order chi connectivity index (χ1) is 12.1. The summed E-state index contributed by atoms with van der Waals surface area (Å²) in [5.74, 6) is 1.69. The average Bonchev–Trinajstić information content (AvgIpc) is 3.12. The number of amides is 1. The van der Waals surface area contributed by atoms with E-state index in [1.165, 1.54) is 0 Å². The third-order valence-corrected chi connectivity index (χ3v) is 5.29. The van der Waals surface area contributed by atoms with Gasteiger partial charge in [0.15, 0.2) is 0 Å². The Hall–Kier alpha value is -1.79. The molecule has 2 heterocycles. The Morgan fingerprint density at radius 2 is 1.92 bits per heavy atom. The Labute approximate surface area is 149 Å². The number of ether oxygens (including phenoxy) is 2. The van der Waals surface area contributed by atoms with Gasteiger partial charge in [-0.3, -0.25) is 9.69 Å². The van der Waals surface area contributed by atoms with E-state index < -0.39 is 0 Å². The van der Waals surface area contributed by atoms with Crippen molar-refractivity contribution in [1.29, 1.82) is 0 Å². The standard InChI is InChI=1S/C19H28N2O4/c1-24-15-5-6-16(18(12-15)25-2)17-4-3-9-21(17)19(23)13-20-10-7-14(22)8-11-20/h5-6,12,14,17,22H,3-4,7-11,13H2,1-2H3. The number of piperidine rings is 1. The summed E-state index contributed by atoms with van der Waals surface area (Å²) in [6.07, 6.45) is 3.25. The van der Waals surface area contributed by atoms with Gasteiger partial charge in [0.2, 0.25) is 5.91 Å². The number of hydrogen-bond acceptors (Lipinski definition) is 5. The van der Waals surface area contributed by atoms with Crippen LogP contribution in [-0.2, 0) is 4.79 Å². The van der Waals surface area contributed by atoms with Gasteiger partial charge in [0.25, 0.3) is 0 Å². The maximum Gasteiger partial charge on any atom is 0.237 e. The molecule has 6 heteroatoms.